The predicted octanol–water partition coefficient (Wildman–Crippen LogP) is 4.14. The molecule has 0 radical (unpaired) electrons. The normalized spacial score (nSPS) is 14.6. The highest BCUT2D eigenvalue weighted by atomic mass is 32.1. The molecule has 0 atom stereocenters. The lowest BCUT2D eigenvalue weighted by molar-refractivity contribution is -0.113. The van der Waals surface area contributed by atoms with Crippen molar-refractivity contribution in [2.45, 2.75) is 6.61 Å². The van der Waals surface area contributed by atoms with Gasteiger partial charge in [0.05, 0.1) is 19.9 Å². The van der Waals surface area contributed by atoms with Gasteiger partial charge in [-0.05, 0) is 60.7 Å². The summed E-state index contributed by atoms with van der Waals surface area (Å²) in [7, 11) is 3.16. The minimum absolute atomic E-state index is 0.253. The molecule has 158 valence electrons. The summed E-state index contributed by atoms with van der Waals surface area (Å²) >= 11 is 5.36. The van der Waals surface area contributed by atoms with Crippen LogP contribution in [0.1, 0.15) is 11.5 Å². The molecular weight excluding hydrogens is 416 g/mol. The molecule has 0 bridgehead atoms. The van der Waals surface area contributed by atoms with Crippen LogP contribution in [0, 0.1) is 0 Å². The Bertz CT molecular complexity index is 1140. The first-order chi connectivity index (χ1) is 15.1. The Kier molecular flexibility index (Phi) is 5.90. The number of hydrogen-bond donors (Lipinski definition) is 1. The number of amides is 1. The number of hydrogen-bond acceptors (Lipinski definition) is 6. The van der Waals surface area contributed by atoms with E-state index in [4.69, 9.17) is 30.8 Å². The fourth-order valence-electron chi connectivity index (χ4n) is 3.09. The van der Waals surface area contributed by atoms with E-state index >= 15 is 0 Å². The molecule has 0 spiro atoms. The number of nitrogens with one attached hydrogen (secondary N) is 1. The summed E-state index contributed by atoms with van der Waals surface area (Å²) in [5.74, 6) is 2.85. The van der Waals surface area contributed by atoms with Gasteiger partial charge in [-0.2, -0.15) is 0 Å². The number of ether oxygens (including phenoxy) is 3. The molecule has 1 N–H and O–H groups in total. The second-order valence-corrected chi connectivity index (χ2v) is 6.96. The van der Waals surface area contributed by atoms with E-state index in [1.807, 2.05) is 36.4 Å². The van der Waals surface area contributed by atoms with Crippen LogP contribution in [-0.2, 0) is 11.4 Å². The molecule has 1 aliphatic heterocycles. The van der Waals surface area contributed by atoms with Crippen LogP contribution < -0.4 is 24.4 Å². The molecule has 1 amide bonds. The Morgan fingerprint density at radius 1 is 1.00 bits per heavy atom. The van der Waals surface area contributed by atoms with Gasteiger partial charge in [0.2, 0.25) is 0 Å². The molecule has 1 aromatic heterocycles. The summed E-state index contributed by atoms with van der Waals surface area (Å²) in [6.45, 7) is 0.253. The second-order valence-electron chi connectivity index (χ2n) is 6.57. The zero-order valence-electron chi connectivity index (χ0n) is 17.0. The van der Waals surface area contributed by atoms with E-state index < -0.39 is 0 Å². The van der Waals surface area contributed by atoms with Gasteiger partial charge in [-0.1, -0.05) is 12.1 Å². The topological polar surface area (TPSA) is 73.2 Å². The average molecular weight is 436 g/mol. The third-order valence-corrected chi connectivity index (χ3v) is 4.90. The fourth-order valence-corrected chi connectivity index (χ4v) is 3.38. The van der Waals surface area contributed by atoms with Crippen LogP contribution >= 0.6 is 12.2 Å². The van der Waals surface area contributed by atoms with Gasteiger partial charge in [0, 0.05) is 6.08 Å². The number of furan rings is 1. The maximum atomic E-state index is 12.9. The predicted molar refractivity (Wildman–Crippen MR) is 120 cm³/mol. The van der Waals surface area contributed by atoms with E-state index in [2.05, 4.69) is 5.32 Å². The molecule has 2 aromatic carbocycles. The Morgan fingerprint density at radius 2 is 1.74 bits per heavy atom. The van der Waals surface area contributed by atoms with Gasteiger partial charge >= 0.3 is 0 Å². The number of nitrogens with zero attached hydrogens (tertiary/aromatic N) is 1. The highest BCUT2D eigenvalue weighted by Gasteiger charge is 2.33. The maximum absolute atomic E-state index is 12.9. The summed E-state index contributed by atoms with van der Waals surface area (Å²) in [5, 5.41) is 3.21. The molecule has 7 nitrogen and oxygen atoms in total. The molecule has 0 saturated carbocycles. The zero-order chi connectivity index (χ0) is 21.8. The Labute approximate surface area is 184 Å². The van der Waals surface area contributed by atoms with E-state index in [1.54, 1.807) is 44.6 Å². The molecule has 1 fully saturated rings. The summed E-state index contributed by atoms with van der Waals surface area (Å²) < 4.78 is 22.0. The number of carbonyl (C=O) groups is 1. The van der Waals surface area contributed by atoms with E-state index in [0.717, 1.165) is 5.75 Å². The number of benzene rings is 2. The van der Waals surface area contributed by atoms with Crippen molar-refractivity contribution in [1.82, 2.24) is 5.32 Å². The van der Waals surface area contributed by atoms with Crippen LogP contribution in [0.5, 0.6) is 17.2 Å². The van der Waals surface area contributed by atoms with Gasteiger partial charge in [-0.15, -0.1) is 0 Å². The number of anilines is 1. The van der Waals surface area contributed by atoms with Crippen LogP contribution in [0.3, 0.4) is 0 Å². The van der Waals surface area contributed by atoms with Gasteiger partial charge in [-0.25, -0.2) is 4.90 Å². The van der Waals surface area contributed by atoms with E-state index in [-0.39, 0.29) is 17.6 Å². The van der Waals surface area contributed by atoms with Crippen molar-refractivity contribution in [3.05, 3.63) is 77.9 Å². The van der Waals surface area contributed by atoms with Crippen molar-refractivity contribution >= 4 is 35.0 Å². The van der Waals surface area contributed by atoms with Crippen LogP contribution in [0.4, 0.5) is 5.69 Å². The highest BCUT2D eigenvalue weighted by molar-refractivity contribution is 7.80. The third kappa shape index (κ3) is 4.39. The monoisotopic (exact) mass is 436 g/mol. The van der Waals surface area contributed by atoms with Crippen LogP contribution in [0.2, 0.25) is 0 Å². The van der Waals surface area contributed by atoms with Crippen LogP contribution in [0.15, 0.2) is 70.8 Å². The Morgan fingerprint density at radius 3 is 2.48 bits per heavy atom. The molecule has 2 heterocycles. The van der Waals surface area contributed by atoms with E-state index in [9.17, 15) is 4.79 Å². The Balaban J connectivity index is 1.46. The van der Waals surface area contributed by atoms with E-state index in [1.165, 1.54) is 4.90 Å². The standard InChI is InChI=1S/C23H20N2O5S/c1-27-15-7-9-16(10-8-15)29-14-18-12-11-17(30-18)13-19-22(26)25(23(31)24-19)20-5-3-4-6-21(20)28-2/h3-13H,14H2,1-2H3,(H,24,31)/b19-13+. The maximum Gasteiger partial charge on any atom is 0.281 e. The van der Waals surface area contributed by atoms with Crippen molar-refractivity contribution in [3.8, 4) is 17.2 Å². The SMILES string of the molecule is COc1ccc(OCc2ccc(/C=C3/NC(=S)N(c4ccccc4OC)C3=O)o2)cc1. The summed E-state index contributed by atoms with van der Waals surface area (Å²) in [6, 6.07) is 18.0. The lowest BCUT2D eigenvalue weighted by Gasteiger charge is -2.17. The molecule has 0 unspecified atom stereocenters. The first-order valence-corrected chi connectivity index (χ1v) is 9.85. The third-order valence-electron chi connectivity index (χ3n) is 4.61. The summed E-state index contributed by atoms with van der Waals surface area (Å²) in [4.78, 5) is 14.3. The fraction of sp³-hybridized carbons (Fsp3) is 0.130. The molecule has 0 aliphatic carbocycles. The van der Waals surface area contributed by atoms with Crippen molar-refractivity contribution in [2.24, 2.45) is 0 Å². The highest BCUT2D eigenvalue weighted by Crippen LogP contribution is 2.31. The minimum Gasteiger partial charge on any atom is -0.497 e. The second kappa shape index (κ2) is 8.93. The van der Waals surface area contributed by atoms with Crippen molar-refractivity contribution in [1.29, 1.82) is 0 Å². The largest absolute Gasteiger partial charge is 0.497 e. The van der Waals surface area contributed by atoms with Gasteiger partial charge in [0.1, 0.15) is 41.1 Å². The van der Waals surface area contributed by atoms with Crippen molar-refractivity contribution in [2.75, 3.05) is 19.1 Å². The molecule has 31 heavy (non-hydrogen) atoms. The van der Waals surface area contributed by atoms with Gasteiger partial charge in [-0.3, -0.25) is 4.79 Å². The van der Waals surface area contributed by atoms with Gasteiger partial charge < -0.3 is 23.9 Å². The minimum atomic E-state index is -0.290. The van der Waals surface area contributed by atoms with Crippen molar-refractivity contribution < 1.29 is 23.4 Å². The quantitative estimate of drug-likeness (QED) is 0.441. The number of carbonyl (C=O) groups excluding carboxylic acids is 1. The van der Waals surface area contributed by atoms with Gasteiger partial charge in [0.15, 0.2) is 5.11 Å². The number of methoxy groups -OCH3 is 2. The van der Waals surface area contributed by atoms with Crippen LogP contribution in [-0.4, -0.2) is 25.2 Å². The molecule has 3 aromatic rings. The van der Waals surface area contributed by atoms with Crippen molar-refractivity contribution in [3.63, 3.8) is 0 Å². The van der Waals surface area contributed by atoms with E-state index in [0.29, 0.717) is 34.4 Å². The molecule has 8 heteroatoms. The summed E-state index contributed by atoms with van der Waals surface area (Å²) in [6.07, 6.45) is 1.61. The lowest BCUT2D eigenvalue weighted by atomic mass is 10.2. The number of para-hydroxylation sites is 2. The smallest absolute Gasteiger partial charge is 0.281 e. The van der Waals surface area contributed by atoms with Crippen LogP contribution in [0.25, 0.3) is 6.08 Å². The average Bonchev–Trinajstić information content (AvgIpc) is 3.36. The first-order valence-electron chi connectivity index (χ1n) is 9.45. The molecule has 4 rings (SSSR count). The zero-order valence-corrected chi connectivity index (χ0v) is 17.8. The van der Waals surface area contributed by atoms with Gasteiger partial charge in [0.25, 0.3) is 5.91 Å². The lowest BCUT2D eigenvalue weighted by Crippen LogP contribution is -2.30. The number of rotatable bonds is 7. The molecule has 1 saturated heterocycles. The number of thiocarbonyl (C=S) groups is 1. The summed E-state index contributed by atoms with van der Waals surface area (Å²) in [5.41, 5.74) is 0.886. The Hall–Kier alpha value is -3.78. The first kappa shape index (κ1) is 20.5. The molecular formula is C23H20N2O5S. The molecule has 1 aliphatic rings.